The highest BCUT2D eigenvalue weighted by Crippen LogP contribution is 2.27. The second-order valence-electron chi connectivity index (χ2n) is 3.45. The quantitative estimate of drug-likeness (QED) is 0.768. The van der Waals surface area contributed by atoms with Crippen molar-refractivity contribution in [3.05, 3.63) is 0 Å². The van der Waals surface area contributed by atoms with Gasteiger partial charge in [0.25, 0.3) is 0 Å². The summed E-state index contributed by atoms with van der Waals surface area (Å²) in [5.41, 5.74) is 0. The van der Waals surface area contributed by atoms with Crippen molar-refractivity contribution < 1.29 is 32.6 Å². The van der Waals surface area contributed by atoms with Gasteiger partial charge in [-0.2, -0.15) is 0 Å². The second-order valence-corrected chi connectivity index (χ2v) is 3.45. The highest BCUT2D eigenvalue weighted by molar-refractivity contribution is 5.83. The number of halogens is 3. The number of hydrogen-bond donors (Lipinski definition) is 1. The highest BCUT2D eigenvalue weighted by Gasteiger charge is 2.43. The molecule has 0 unspecified atom stereocenters. The predicted octanol–water partition coefficient (Wildman–Crippen LogP) is 0.597. The fourth-order valence-electron chi connectivity index (χ4n) is 1.65. The first-order valence-electron chi connectivity index (χ1n) is 4.45. The summed E-state index contributed by atoms with van der Waals surface area (Å²) in [6, 6.07) is -1.25. The second kappa shape index (κ2) is 4.28. The molecule has 0 aliphatic carbocycles. The van der Waals surface area contributed by atoms with Crippen LogP contribution in [0.1, 0.15) is 13.3 Å². The topological polar surface area (TPSA) is 66.8 Å². The molecular formula is C8H10F3NO4. The molecule has 92 valence electrons. The minimum absolute atomic E-state index is 0.353. The maximum Gasteiger partial charge on any atom is 0.522 e. The Labute approximate surface area is 88.8 Å². The lowest BCUT2D eigenvalue weighted by Gasteiger charge is -2.18. The lowest BCUT2D eigenvalue weighted by molar-refractivity contribution is -0.340. The molecule has 1 amide bonds. The van der Waals surface area contributed by atoms with Gasteiger partial charge in [0, 0.05) is 19.9 Å². The van der Waals surface area contributed by atoms with Crippen LogP contribution >= 0.6 is 0 Å². The summed E-state index contributed by atoms with van der Waals surface area (Å²) in [5, 5.41) is 8.72. The Kier molecular flexibility index (Phi) is 3.41. The molecule has 0 spiro atoms. The molecular weight excluding hydrogens is 231 g/mol. The molecule has 1 fully saturated rings. The van der Waals surface area contributed by atoms with E-state index in [0.717, 1.165) is 11.8 Å². The standard InChI is InChI=1S/C8H10F3NO4/c1-4(13)12-3-5(16-8(9,10)11)2-6(12)7(14)15/h5-6H,2-3H2,1H3,(H,14,15)/t5-,6+/m1/s1. The van der Waals surface area contributed by atoms with Crippen molar-refractivity contribution in [1.82, 2.24) is 4.90 Å². The summed E-state index contributed by atoms with van der Waals surface area (Å²) in [7, 11) is 0. The van der Waals surface area contributed by atoms with Gasteiger partial charge in [-0.25, -0.2) is 4.79 Å². The third-order valence-corrected chi connectivity index (χ3v) is 2.25. The van der Waals surface area contributed by atoms with E-state index in [9.17, 15) is 22.8 Å². The highest BCUT2D eigenvalue weighted by atomic mass is 19.4. The van der Waals surface area contributed by atoms with Crippen LogP contribution in [0, 0.1) is 0 Å². The largest absolute Gasteiger partial charge is 0.522 e. The molecule has 1 aliphatic rings. The van der Waals surface area contributed by atoms with E-state index in [2.05, 4.69) is 4.74 Å². The number of hydrogen-bond acceptors (Lipinski definition) is 3. The van der Waals surface area contributed by atoms with Crippen LogP contribution in [0.4, 0.5) is 13.2 Å². The van der Waals surface area contributed by atoms with Gasteiger partial charge in [-0.1, -0.05) is 0 Å². The number of nitrogens with zero attached hydrogens (tertiary/aromatic N) is 1. The predicted molar refractivity (Wildman–Crippen MR) is 44.4 cm³/mol. The molecule has 0 saturated carbocycles. The molecule has 1 saturated heterocycles. The normalized spacial score (nSPS) is 25.9. The van der Waals surface area contributed by atoms with Gasteiger partial charge in [-0.3, -0.25) is 9.53 Å². The number of aliphatic carboxylic acids is 1. The van der Waals surface area contributed by atoms with Gasteiger partial charge in [0.2, 0.25) is 5.91 Å². The number of ether oxygens (including phenoxy) is 1. The molecule has 0 radical (unpaired) electrons. The monoisotopic (exact) mass is 241 g/mol. The van der Waals surface area contributed by atoms with Gasteiger partial charge in [0.05, 0.1) is 6.10 Å². The first-order valence-corrected chi connectivity index (χ1v) is 4.45. The third kappa shape index (κ3) is 3.09. The molecule has 0 aromatic heterocycles. The van der Waals surface area contributed by atoms with Crippen LogP contribution in [0.3, 0.4) is 0 Å². The molecule has 0 bridgehead atoms. The van der Waals surface area contributed by atoms with E-state index in [-0.39, 0.29) is 13.0 Å². The van der Waals surface area contributed by atoms with E-state index in [1.165, 1.54) is 0 Å². The van der Waals surface area contributed by atoms with Crippen molar-refractivity contribution in [2.75, 3.05) is 6.54 Å². The zero-order valence-corrected chi connectivity index (χ0v) is 8.32. The zero-order chi connectivity index (χ0) is 12.5. The van der Waals surface area contributed by atoms with Gasteiger partial charge in [-0.15, -0.1) is 13.2 Å². The Bertz CT molecular complexity index is 282. The van der Waals surface area contributed by atoms with Gasteiger partial charge in [-0.05, 0) is 0 Å². The van der Waals surface area contributed by atoms with Crippen LogP contribution in [0.25, 0.3) is 0 Å². The van der Waals surface area contributed by atoms with Crippen molar-refractivity contribution >= 4 is 11.9 Å². The lowest BCUT2D eigenvalue weighted by atomic mass is 10.2. The van der Waals surface area contributed by atoms with Crippen LogP contribution in [0.2, 0.25) is 0 Å². The molecule has 0 aromatic carbocycles. The minimum Gasteiger partial charge on any atom is -0.480 e. The maximum atomic E-state index is 11.9. The van der Waals surface area contributed by atoms with Crippen LogP contribution in [0.5, 0.6) is 0 Å². The summed E-state index contributed by atoms with van der Waals surface area (Å²) in [6.07, 6.45) is -6.49. The Balaban J connectivity index is 2.69. The molecule has 1 aliphatic heterocycles. The van der Waals surface area contributed by atoms with E-state index in [4.69, 9.17) is 5.11 Å². The first-order chi connectivity index (χ1) is 7.20. The first kappa shape index (κ1) is 12.8. The van der Waals surface area contributed by atoms with Crippen LogP contribution in [0.15, 0.2) is 0 Å². The molecule has 1 N–H and O–H groups in total. The van der Waals surface area contributed by atoms with Crippen LogP contribution in [-0.2, 0) is 14.3 Å². The SMILES string of the molecule is CC(=O)N1C[C@H](OC(F)(F)F)C[C@H]1C(=O)O. The Morgan fingerprint density at radius 1 is 1.44 bits per heavy atom. The van der Waals surface area contributed by atoms with Crippen molar-refractivity contribution in [2.45, 2.75) is 31.9 Å². The Morgan fingerprint density at radius 2 is 2.00 bits per heavy atom. The van der Waals surface area contributed by atoms with E-state index < -0.39 is 30.4 Å². The molecule has 8 heteroatoms. The molecule has 1 rings (SSSR count). The van der Waals surface area contributed by atoms with Gasteiger partial charge in [0.1, 0.15) is 6.04 Å². The van der Waals surface area contributed by atoms with Gasteiger partial charge >= 0.3 is 12.3 Å². The Hall–Kier alpha value is -1.31. The number of carboxylic acids is 1. The number of amides is 1. The fourth-order valence-corrected chi connectivity index (χ4v) is 1.65. The fraction of sp³-hybridized carbons (Fsp3) is 0.750. The van der Waals surface area contributed by atoms with E-state index >= 15 is 0 Å². The summed E-state index contributed by atoms with van der Waals surface area (Å²) >= 11 is 0. The number of likely N-dealkylation sites (tertiary alicyclic amines) is 1. The molecule has 2 atom stereocenters. The van der Waals surface area contributed by atoms with Crippen molar-refractivity contribution in [1.29, 1.82) is 0 Å². The number of rotatable bonds is 2. The molecule has 16 heavy (non-hydrogen) atoms. The third-order valence-electron chi connectivity index (χ3n) is 2.25. The number of alkyl halides is 3. The maximum absolute atomic E-state index is 11.9. The minimum atomic E-state index is -4.82. The molecule has 5 nitrogen and oxygen atoms in total. The van der Waals surface area contributed by atoms with Gasteiger partial charge in [0.15, 0.2) is 0 Å². The average Bonchev–Trinajstić information content (AvgIpc) is 2.44. The van der Waals surface area contributed by atoms with Crippen molar-refractivity contribution in [3.8, 4) is 0 Å². The number of carboxylic acid groups (broad SMARTS) is 1. The molecule has 1 heterocycles. The molecule has 0 aromatic rings. The summed E-state index contributed by atoms with van der Waals surface area (Å²) in [4.78, 5) is 22.6. The van der Waals surface area contributed by atoms with E-state index in [1.54, 1.807) is 0 Å². The van der Waals surface area contributed by atoms with E-state index in [1.807, 2.05) is 0 Å². The smallest absolute Gasteiger partial charge is 0.480 e. The lowest BCUT2D eigenvalue weighted by Crippen LogP contribution is -2.39. The van der Waals surface area contributed by atoms with Crippen molar-refractivity contribution in [3.63, 3.8) is 0 Å². The van der Waals surface area contributed by atoms with E-state index in [0.29, 0.717) is 0 Å². The van der Waals surface area contributed by atoms with Crippen molar-refractivity contribution in [2.24, 2.45) is 0 Å². The number of carbonyl (C=O) groups excluding carboxylic acids is 1. The van der Waals surface area contributed by atoms with Crippen LogP contribution < -0.4 is 0 Å². The summed E-state index contributed by atoms with van der Waals surface area (Å²) < 4.78 is 39.4. The van der Waals surface area contributed by atoms with Gasteiger partial charge < -0.3 is 10.0 Å². The number of carbonyl (C=O) groups is 2. The van der Waals surface area contributed by atoms with Crippen LogP contribution in [-0.4, -0.2) is 46.9 Å². The zero-order valence-electron chi connectivity index (χ0n) is 8.32. The summed E-state index contributed by atoms with van der Waals surface area (Å²) in [6.45, 7) is 0.748. The Morgan fingerprint density at radius 3 is 2.31 bits per heavy atom. The summed E-state index contributed by atoms with van der Waals surface area (Å²) in [5.74, 6) is -1.91. The average molecular weight is 241 g/mol.